The molecule has 2 unspecified atom stereocenters. The van der Waals surface area contributed by atoms with Crippen molar-refractivity contribution in [2.75, 3.05) is 13.1 Å². The summed E-state index contributed by atoms with van der Waals surface area (Å²) in [4.78, 5) is 25.1. The molecule has 1 saturated heterocycles. The molecule has 5 nitrogen and oxygen atoms in total. The molecular formula is C16H19NO4. The van der Waals surface area contributed by atoms with E-state index in [9.17, 15) is 14.7 Å². The third-order valence-electron chi connectivity index (χ3n) is 4.58. The predicted molar refractivity (Wildman–Crippen MR) is 75.9 cm³/mol. The number of benzene rings is 1. The monoisotopic (exact) mass is 289 g/mol. The zero-order valence-corrected chi connectivity index (χ0v) is 11.7. The van der Waals surface area contributed by atoms with E-state index < -0.39 is 5.97 Å². The molecule has 1 aromatic rings. The summed E-state index contributed by atoms with van der Waals surface area (Å²) in [5, 5.41) is 18.3. The first-order valence-corrected chi connectivity index (χ1v) is 7.37. The van der Waals surface area contributed by atoms with Gasteiger partial charge >= 0.3 is 5.97 Å². The van der Waals surface area contributed by atoms with Crippen molar-refractivity contribution in [3.8, 4) is 5.75 Å². The number of aliphatic carboxylic acids is 1. The molecule has 1 amide bonds. The van der Waals surface area contributed by atoms with Gasteiger partial charge in [-0.05, 0) is 42.9 Å². The van der Waals surface area contributed by atoms with E-state index in [1.165, 1.54) is 0 Å². The number of carboxylic acids is 1. The Balaban J connectivity index is 1.56. The van der Waals surface area contributed by atoms with Crippen LogP contribution in [0.1, 0.15) is 30.7 Å². The van der Waals surface area contributed by atoms with Crippen LogP contribution in [0.2, 0.25) is 0 Å². The minimum Gasteiger partial charge on any atom is -0.508 e. The largest absolute Gasteiger partial charge is 0.508 e. The molecule has 1 saturated carbocycles. The van der Waals surface area contributed by atoms with Crippen LogP contribution in [0.5, 0.6) is 5.75 Å². The van der Waals surface area contributed by atoms with Gasteiger partial charge in [-0.2, -0.15) is 0 Å². The first kappa shape index (κ1) is 13.9. The summed E-state index contributed by atoms with van der Waals surface area (Å²) in [7, 11) is 0. The highest BCUT2D eigenvalue weighted by molar-refractivity contribution is 5.83. The Bertz CT molecular complexity index is 546. The topological polar surface area (TPSA) is 77.8 Å². The molecule has 1 aliphatic heterocycles. The summed E-state index contributed by atoms with van der Waals surface area (Å²) in [5.41, 5.74) is 1.09. The predicted octanol–water partition coefficient (Wildman–Crippen LogP) is 1.82. The standard InChI is InChI=1S/C16H19NO4/c18-12-3-1-10(2-4-12)13-9-14(13)15(19)17-7-5-11(6-8-17)16(20)21/h1-4,11,13-14,18H,5-9H2,(H,20,21). The molecule has 5 heteroatoms. The lowest BCUT2D eigenvalue weighted by Crippen LogP contribution is -2.41. The maximum Gasteiger partial charge on any atom is 0.306 e. The van der Waals surface area contributed by atoms with E-state index in [0.29, 0.717) is 25.9 Å². The van der Waals surface area contributed by atoms with E-state index in [4.69, 9.17) is 5.11 Å². The third kappa shape index (κ3) is 2.86. The fourth-order valence-corrected chi connectivity index (χ4v) is 3.14. The number of likely N-dealkylation sites (tertiary alicyclic amines) is 1. The number of phenols is 1. The number of nitrogens with zero attached hydrogens (tertiary/aromatic N) is 1. The van der Waals surface area contributed by atoms with Crippen molar-refractivity contribution in [1.29, 1.82) is 0 Å². The van der Waals surface area contributed by atoms with E-state index in [1.54, 1.807) is 12.1 Å². The molecule has 0 bridgehead atoms. The number of amides is 1. The molecular weight excluding hydrogens is 270 g/mol. The molecule has 21 heavy (non-hydrogen) atoms. The zero-order chi connectivity index (χ0) is 15.0. The Labute approximate surface area is 123 Å². The second kappa shape index (κ2) is 5.39. The maximum absolute atomic E-state index is 12.4. The Hall–Kier alpha value is -2.04. The normalized spacial score (nSPS) is 25.6. The van der Waals surface area contributed by atoms with Crippen LogP contribution >= 0.6 is 0 Å². The smallest absolute Gasteiger partial charge is 0.306 e. The molecule has 112 valence electrons. The summed E-state index contributed by atoms with van der Waals surface area (Å²) in [6.07, 6.45) is 1.96. The van der Waals surface area contributed by atoms with Crippen LogP contribution in [0.15, 0.2) is 24.3 Å². The second-order valence-corrected chi connectivity index (χ2v) is 5.98. The summed E-state index contributed by atoms with van der Waals surface area (Å²) in [6.45, 7) is 1.10. The zero-order valence-electron chi connectivity index (χ0n) is 11.7. The lowest BCUT2D eigenvalue weighted by atomic mass is 9.96. The molecule has 1 aromatic carbocycles. The first-order chi connectivity index (χ1) is 10.1. The minimum atomic E-state index is -0.754. The number of carbonyl (C=O) groups is 2. The van der Waals surface area contributed by atoms with Crippen molar-refractivity contribution in [1.82, 2.24) is 4.90 Å². The van der Waals surface area contributed by atoms with E-state index in [-0.39, 0.29) is 29.4 Å². The Kier molecular flexibility index (Phi) is 3.57. The summed E-state index contributed by atoms with van der Waals surface area (Å²) < 4.78 is 0. The lowest BCUT2D eigenvalue weighted by molar-refractivity contribution is -0.146. The van der Waals surface area contributed by atoms with Gasteiger partial charge in [0.15, 0.2) is 0 Å². The number of hydrogen-bond acceptors (Lipinski definition) is 3. The highest BCUT2D eigenvalue weighted by atomic mass is 16.4. The average Bonchev–Trinajstić information content (AvgIpc) is 3.28. The fraction of sp³-hybridized carbons (Fsp3) is 0.500. The highest BCUT2D eigenvalue weighted by Gasteiger charge is 2.46. The Morgan fingerprint density at radius 2 is 1.71 bits per heavy atom. The number of carboxylic acid groups (broad SMARTS) is 1. The molecule has 2 N–H and O–H groups in total. The van der Waals surface area contributed by atoms with Crippen molar-refractivity contribution in [3.63, 3.8) is 0 Å². The average molecular weight is 289 g/mol. The van der Waals surface area contributed by atoms with Crippen LogP contribution in [0.4, 0.5) is 0 Å². The van der Waals surface area contributed by atoms with Gasteiger partial charge in [-0.1, -0.05) is 12.1 Å². The quantitative estimate of drug-likeness (QED) is 0.889. The molecule has 2 fully saturated rings. The SMILES string of the molecule is O=C(O)C1CCN(C(=O)C2CC2c2ccc(O)cc2)CC1. The molecule has 0 radical (unpaired) electrons. The summed E-state index contributed by atoms with van der Waals surface area (Å²) >= 11 is 0. The number of carbonyl (C=O) groups excluding carboxylic acids is 1. The van der Waals surface area contributed by atoms with Gasteiger partial charge in [-0.3, -0.25) is 9.59 Å². The van der Waals surface area contributed by atoms with Crippen molar-refractivity contribution in [2.45, 2.75) is 25.2 Å². The highest BCUT2D eigenvalue weighted by Crippen LogP contribution is 2.48. The number of rotatable bonds is 3. The van der Waals surface area contributed by atoms with Crippen molar-refractivity contribution in [2.24, 2.45) is 11.8 Å². The number of piperidine rings is 1. The molecule has 3 rings (SSSR count). The van der Waals surface area contributed by atoms with Crippen LogP contribution in [0, 0.1) is 11.8 Å². The van der Waals surface area contributed by atoms with Gasteiger partial charge in [-0.15, -0.1) is 0 Å². The van der Waals surface area contributed by atoms with E-state index in [1.807, 2.05) is 17.0 Å². The van der Waals surface area contributed by atoms with Crippen molar-refractivity contribution >= 4 is 11.9 Å². The number of phenolic OH excluding ortho intramolecular Hbond substituents is 1. The van der Waals surface area contributed by atoms with E-state index >= 15 is 0 Å². The van der Waals surface area contributed by atoms with Crippen LogP contribution in [0.25, 0.3) is 0 Å². The van der Waals surface area contributed by atoms with Crippen molar-refractivity contribution in [3.05, 3.63) is 29.8 Å². The van der Waals surface area contributed by atoms with Gasteiger partial charge in [0, 0.05) is 19.0 Å². The van der Waals surface area contributed by atoms with Gasteiger partial charge in [0.25, 0.3) is 0 Å². The Morgan fingerprint density at radius 1 is 1.10 bits per heavy atom. The van der Waals surface area contributed by atoms with Crippen LogP contribution in [0.3, 0.4) is 0 Å². The molecule has 1 heterocycles. The van der Waals surface area contributed by atoms with Crippen molar-refractivity contribution < 1.29 is 19.8 Å². The Morgan fingerprint density at radius 3 is 2.29 bits per heavy atom. The molecule has 2 atom stereocenters. The van der Waals surface area contributed by atoms with Gasteiger partial charge in [0.2, 0.25) is 5.91 Å². The van der Waals surface area contributed by atoms with Gasteiger partial charge < -0.3 is 15.1 Å². The fourth-order valence-electron chi connectivity index (χ4n) is 3.14. The number of aromatic hydroxyl groups is 1. The lowest BCUT2D eigenvalue weighted by Gasteiger charge is -2.30. The van der Waals surface area contributed by atoms with E-state index in [2.05, 4.69) is 0 Å². The second-order valence-electron chi connectivity index (χ2n) is 5.98. The van der Waals surface area contributed by atoms with Gasteiger partial charge in [0.1, 0.15) is 5.75 Å². The van der Waals surface area contributed by atoms with Crippen LogP contribution < -0.4 is 0 Å². The molecule has 0 aromatic heterocycles. The summed E-state index contributed by atoms with van der Waals surface area (Å²) in [6, 6.07) is 7.02. The molecule has 1 aliphatic carbocycles. The first-order valence-electron chi connectivity index (χ1n) is 7.37. The third-order valence-corrected chi connectivity index (χ3v) is 4.58. The summed E-state index contributed by atoms with van der Waals surface area (Å²) in [5.74, 6) is -0.405. The maximum atomic E-state index is 12.4. The molecule has 2 aliphatic rings. The number of hydrogen-bond donors (Lipinski definition) is 2. The molecule has 0 spiro atoms. The van der Waals surface area contributed by atoms with Crippen LogP contribution in [-0.2, 0) is 9.59 Å². The van der Waals surface area contributed by atoms with Crippen LogP contribution in [-0.4, -0.2) is 40.1 Å². The van der Waals surface area contributed by atoms with Gasteiger partial charge in [0.05, 0.1) is 5.92 Å². The van der Waals surface area contributed by atoms with Gasteiger partial charge in [-0.25, -0.2) is 0 Å². The minimum absolute atomic E-state index is 0.0240. The van der Waals surface area contributed by atoms with E-state index in [0.717, 1.165) is 12.0 Å².